The molecule has 0 radical (unpaired) electrons. The Morgan fingerprint density at radius 1 is 1.33 bits per heavy atom. The third-order valence-electron chi connectivity index (χ3n) is 3.31. The molecule has 0 aliphatic heterocycles. The van der Waals surface area contributed by atoms with Crippen molar-refractivity contribution < 1.29 is 19.4 Å². The summed E-state index contributed by atoms with van der Waals surface area (Å²) < 4.78 is 5.40. The van der Waals surface area contributed by atoms with E-state index in [4.69, 9.17) is 9.52 Å². The van der Waals surface area contributed by atoms with E-state index >= 15 is 0 Å². The molecule has 0 aliphatic rings. The molecule has 120 valence electrons. The van der Waals surface area contributed by atoms with Crippen LogP contribution in [-0.4, -0.2) is 39.0 Å². The second kappa shape index (κ2) is 8.09. The standard InChI is InChI=1S/C14H25N3O4/c1-4-5-6-7-10-16-17-11(21-10)8-15-13(20)12(19)14(2,3)9-18/h12,18-19H,4-9H2,1-3H3,(H,15,20)/t12-/m0/s1. The molecule has 0 unspecified atom stereocenters. The van der Waals surface area contributed by atoms with E-state index in [1.165, 1.54) is 0 Å². The molecule has 1 aromatic rings. The minimum Gasteiger partial charge on any atom is -0.423 e. The van der Waals surface area contributed by atoms with Gasteiger partial charge in [0.1, 0.15) is 6.10 Å². The second-order valence-electron chi connectivity index (χ2n) is 5.81. The molecule has 7 nitrogen and oxygen atoms in total. The average Bonchev–Trinajstić information content (AvgIpc) is 2.92. The number of unbranched alkanes of at least 4 members (excludes halogenated alkanes) is 2. The molecule has 1 aromatic heterocycles. The van der Waals surface area contributed by atoms with Crippen LogP contribution in [0, 0.1) is 5.41 Å². The highest BCUT2D eigenvalue weighted by Gasteiger charge is 2.32. The minimum atomic E-state index is -1.30. The van der Waals surface area contributed by atoms with Crippen LogP contribution in [0.2, 0.25) is 0 Å². The first-order valence-electron chi connectivity index (χ1n) is 7.28. The fourth-order valence-corrected chi connectivity index (χ4v) is 1.69. The highest BCUT2D eigenvalue weighted by molar-refractivity contribution is 5.81. The highest BCUT2D eigenvalue weighted by atomic mass is 16.4. The number of nitrogens with one attached hydrogen (secondary N) is 1. The van der Waals surface area contributed by atoms with Gasteiger partial charge in [0.2, 0.25) is 17.7 Å². The number of aliphatic hydroxyl groups excluding tert-OH is 2. The van der Waals surface area contributed by atoms with Crippen molar-refractivity contribution in [2.75, 3.05) is 6.61 Å². The lowest BCUT2D eigenvalue weighted by molar-refractivity contribution is -0.137. The van der Waals surface area contributed by atoms with E-state index in [2.05, 4.69) is 22.4 Å². The van der Waals surface area contributed by atoms with E-state index in [-0.39, 0.29) is 13.2 Å². The van der Waals surface area contributed by atoms with Crippen molar-refractivity contribution in [3.05, 3.63) is 11.8 Å². The number of carbonyl (C=O) groups is 1. The summed E-state index contributed by atoms with van der Waals surface area (Å²) in [4.78, 5) is 11.8. The zero-order chi connectivity index (χ0) is 15.9. The maximum atomic E-state index is 11.8. The van der Waals surface area contributed by atoms with Gasteiger partial charge in [0, 0.05) is 11.8 Å². The third kappa shape index (κ3) is 5.43. The fraction of sp³-hybridized carbons (Fsp3) is 0.786. The predicted octanol–water partition coefficient (Wildman–Crippen LogP) is 0.798. The van der Waals surface area contributed by atoms with Crippen molar-refractivity contribution in [3.8, 4) is 0 Å². The molecule has 0 fully saturated rings. The van der Waals surface area contributed by atoms with E-state index in [1.807, 2.05) is 0 Å². The smallest absolute Gasteiger partial charge is 0.249 e. The van der Waals surface area contributed by atoms with E-state index in [0.29, 0.717) is 11.8 Å². The lowest BCUT2D eigenvalue weighted by Crippen LogP contribution is -2.45. The number of carbonyl (C=O) groups excluding carboxylic acids is 1. The average molecular weight is 299 g/mol. The summed E-state index contributed by atoms with van der Waals surface area (Å²) in [6.45, 7) is 5.11. The summed E-state index contributed by atoms with van der Waals surface area (Å²) >= 11 is 0. The molecular weight excluding hydrogens is 274 g/mol. The summed E-state index contributed by atoms with van der Waals surface area (Å²) in [6, 6.07) is 0. The molecule has 0 bridgehead atoms. The summed E-state index contributed by atoms with van der Waals surface area (Å²) in [7, 11) is 0. The topological polar surface area (TPSA) is 108 Å². The normalized spacial score (nSPS) is 13.2. The zero-order valence-corrected chi connectivity index (χ0v) is 12.9. The van der Waals surface area contributed by atoms with Crippen molar-refractivity contribution in [1.29, 1.82) is 0 Å². The Morgan fingerprint density at radius 2 is 2.00 bits per heavy atom. The minimum absolute atomic E-state index is 0.0676. The number of hydrogen-bond donors (Lipinski definition) is 3. The molecule has 0 saturated carbocycles. The van der Waals surface area contributed by atoms with E-state index in [1.54, 1.807) is 13.8 Å². The van der Waals surface area contributed by atoms with Gasteiger partial charge in [0.05, 0.1) is 13.2 Å². The molecule has 0 spiro atoms. The van der Waals surface area contributed by atoms with Crippen LogP contribution in [0.4, 0.5) is 0 Å². The van der Waals surface area contributed by atoms with Crippen LogP contribution in [0.15, 0.2) is 4.42 Å². The number of aliphatic hydroxyl groups is 2. The first kappa shape index (κ1) is 17.6. The number of nitrogens with zero attached hydrogens (tertiary/aromatic N) is 2. The molecule has 1 amide bonds. The molecule has 21 heavy (non-hydrogen) atoms. The molecule has 1 rings (SSSR count). The van der Waals surface area contributed by atoms with Crippen molar-refractivity contribution in [2.24, 2.45) is 5.41 Å². The van der Waals surface area contributed by atoms with Gasteiger partial charge in [0.15, 0.2) is 0 Å². The summed E-state index contributed by atoms with van der Waals surface area (Å²) in [5, 5.41) is 29.2. The quantitative estimate of drug-likeness (QED) is 0.582. The fourth-order valence-electron chi connectivity index (χ4n) is 1.69. The van der Waals surface area contributed by atoms with Gasteiger partial charge in [-0.15, -0.1) is 10.2 Å². The van der Waals surface area contributed by atoms with Crippen LogP contribution in [0.3, 0.4) is 0 Å². The van der Waals surface area contributed by atoms with Crippen molar-refractivity contribution in [2.45, 2.75) is 59.1 Å². The Morgan fingerprint density at radius 3 is 2.62 bits per heavy atom. The number of rotatable bonds is 9. The van der Waals surface area contributed by atoms with Crippen molar-refractivity contribution in [1.82, 2.24) is 15.5 Å². The Bertz CT molecular complexity index is 445. The van der Waals surface area contributed by atoms with Gasteiger partial charge in [-0.2, -0.15) is 0 Å². The summed E-state index contributed by atoms with van der Waals surface area (Å²) in [6.07, 6.45) is 2.66. The molecule has 0 aliphatic carbocycles. The Balaban J connectivity index is 2.43. The largest absolute Gasteiger partial charge is 0.423 e. The van der Waals surface area contributed by atoms with Gasteiger partial charge >= 0.3 is 0 Å². The monoisotopic (exact) mass is 299 g/mol. The van der Waals surface area contributed by atoms with E-state index in [0.717, 1.165) is 25.7 Å². The van der Waals surface area contributed by atoms with Gasteiger partial charge < -0.3 is 19.9 Å². The molecule has 3 N–H and O–H groups in total. The summed E-state index contributed by atoms with van der Waals surface area (Å²) in [5.41, 5.74) is -0.899. The van der Waals surface area contributed by atoms with Gasteiger partial charge in [-0.3, -0.25) is 4.79 Å². The van der Waals surface area contributed by atoms with Crippen LogP contribution in [0.1, 0.15) is 51.8 Å². The molecular formula is C14H25N3O4. The maximum absolute atomic E-state index is 11.8. The predicted molar refractivity (Wildman–Crippen MR) is 76.2 cm³/mol. The third-order valence-corrected chi connectivity index (χ3v) is 3.31. The highest BCUT2D eigenvalue weighted by Crippen LogP contribution is 2.19. The lowest BCUT2D eigenvalue weighted by Gasteiger charge is -2.26. The number of hydrogen-bond acceptors (Lipinski definition) is 6. The van der Waals surface area contributed by atoms with Crippen LogP contribution in [0.25, 0.3) is 0 Å². The molecule has 1 atom stereocenters. The van der Waals surface area contributed by atoms with Crippen molar-refractivity contribution in [3.63, 3.8) is 0 Å². The first-order chi connectivity index (χ1) is 9.90. The number of aryl methyl sites for hydroxylation is 1. The van der Waals surface area contributed by atoms with Crippen LogP contribution in [0.5, 0.6) is 0 Å². The van der Waals surface area contributed by atoms with Crippen LogP contribution < -0.4 is 5.32 Å². The van der Waals surface area contributed by atoms with Gasteiger partial charge in [-0.05, 0) is 6.42 Å². The summed E-state index contributed by atoms with van der Waals surface area (Å²) in [5.74, 6) is 0.299. The van der Waals surface area contributed by atoms with Gasteiger partial charge in [0.25, 0.3) is 0 Å². The maximum Gasteiger partial charge on any atom is 0.249 e. The SMILES string of the molecule is CCCCCc1nnc(CNC(=O)[C@H](O)C(C)(C)CO)o1. The number of amides is 1. The first-order valence-corrected chi connectivity index (χ1v) is 7.28. The number of aromatic nitrogens is 2. The molecule has 0 aromatic carbocycles. The Labute approximate surface area is 124 Å². The van der Waals surface area contributed by atoms with Gasteiger partial charge in [-0.1, -0.05) is 33.6 Å². The van der Waals surface area contributed by atoms with Crippen LogP contribution >= 0.6 is 0 Å². The second-order valence-corrected chi connectivity index (χ2v) is 5.81. The lowest BCUT2D eigenvalue weighted by atomic mass is 9.87. The Kier molecular flexibility index (Phi) is 6.77. The zero-order valence-electron chi connectivity index (χ0n) is 12.9. The molecule has 1 heterocycles. The van der Waals surface area contributed by atoms with Crippen LogP contribution in [-0.2, 0) is 17.8 Å². The van der Waals surface area contributed by atoms with E-state index in [9.17, 15) is 9.90 Å². The van der Waals surface area contributed by atoms with E-state index < -0.39 is 17.4 Å². The Hall–Kier alpha value is -1.47. The van der Waals surface area contributed by atoms with Gasteiger partial charge in [-0.25, -0.2) is 0 Å². The molecule has 0 saturated heterocycles. The van der Waals surface area contributed by atoms with Crippen molar-refractivity contribution >= 4 is 5.91 Å². The molecule has 7 heteroatoms.